The second kappa shape index (κ2) is 8.23. The van der Waals surface area contributed by atoms with E-state index in [9.17, 15) is 4.79 Å². The molecule has 0 unspecified atom stereocenters. The molecule has 1 aromatic rings. The van der Waals surface area contributed by atoms with Crippen LogP contribution < -0.4 is 15.5 Å². The van der Waals surface area contributed by atoms with Crippen molar-refractivity contribution in [3.05, 3.63) is 12.4 Å². The smallest absolute Gasteiger partial charge is 0.220 e. The van der Waals surface area contributed by atoms with Crippen LogP contribution in [0.3, 0.4) is 0 Å². The Bertz CT molecular complexity index is 612. The first-order valence-electron chi connectivity index (χ1n) is 10.4. The molecule has 1 saturated heterocycles. The maximum Gasteiger partial charge on any atom is 0.220 e. The van der Waals surface area contributed by atoms with Gasteiger partial charge in [-0.1, -0.05) is 12.8 Å². The summed E-state index contributed by atoms with van der Waals surface area (Å²) in [7, 11) is 0. The molecule has 2 N–H and O–H groups in total. The van der Waals surface area contributed by atoms with E-state index < -0.39 is 0 Å². The number of nitrogens with one attached hydrogen (secondary N) is 2. The maximum atomic E-state index is 12.2. The summed E-state index contributed by atoms with van der Waals surface area (Å²) < 4.78 is 0. The van der Waals surface area contributed by atoms with Crippen LogP contribution in [0, 0.1) is 5.92 Å². The molecule has 1 aliphatic heterocycles. The van der Waals surface area contributed by atoms with Crippen molar-refractivity contribution in [1.82, 2.24) is 15.3 Å². The highest BCUT2D eigenvalue weighted by molar-refractivity contribution is 5.76. The van der Waals surface area contributed by atoms with Crippen LogP contribution in [0.5, 0.6) is 0 Å². The van der Waals surface area contributed by atoms with E-state index in [1.54, 1.807) is 6.33 Å². The zero-order valence-electron chi connectivity index (χ0n) is 15.6. The fourth-order valence-corrected chi connectivity index (χ4v) is 4.25. The molecule has 0 radical (unpaired) electrons. The largest absolute Gasteiger partial charge is 0.367 e. The van der Waals surface area contributed by atoms with Crippen molar-refractivity contribution < 1.29 is 4.79 Å². The molecule has 6 heteroatoms. The number of amides is 1. The van der Waals surface area contributed by atoms with Crippen molar-refractivity contribution in [3.63, 3.8) is 0 Å². The molecule has 3 aliphatic rings. The van der Waals surface area contributed by atoms with Crippen molar-refractivity contribution in [2.75, 3.05) is 23.3 Å². The normalized spacial score (nSPS) is 23.8. The molecular weight excluding hydrogens is 326 g/mol. The van der Waals surface area contributed by atoms with Gasteiger partial charge in [0, 0.05) is 37.7 Å². The van der Waals surface area contributed by atoms with E-state index in [-0.39, 0.29) is 5.91 Å². The van der Waals surface area contributed by atoms with Gasteiger partial charge in [-0.15, -0.1) is 0 Å². The van der Waals surface area contributed by atoms with Crippen molar-refractivity contribution >= 4 is 17.5 Å². The lowest BCUT2D eigenvalue weighted by Crippen LogP contribution is -2.37. The number of piperidine rings is 1. The minimum absolute atomic E-state index is 0.243. The van der Waals surface area contributed by atoms with Crippen LogP contribution in [-0.2, 0) is 4.79 Å². The zero-order chi connectivity index (χ0) is 17.8. The number of aromatic nitrogens is 2. The third-order valence-corrected chi connectivity index (χ3v) is 5.92. The van der Waals surface area contributed by atoms with Crippen LogP contribution in [0.4, 0.5) is 11.6 Å². The summed E-state index contributed by atoms with van der Waals surface area (Å²) in [4.78, 5) is 23.4. The molecule has 2 aliphatic carbocycles. The molecule has 0 spiro atoms. The Kier molecular flexibility index (Phi) is 5.56. The molecule has 1 atom stereocenters. The number of nitrogens with zero attached hydrogens (tertiary/aromatic N) is 3. The SMILES string of the molecule is O=C(CC[C@@H]1CCCN(c2cc(NC3CC3)ncn2)C1)NC1CCCC1. The van der Waals surface area contributed by atoms with Crippen LogP contribution in [0.2, 0.25) is 0 Å². The van der Waals surface area contributed by atoms with Gasteiger partial charge in [0.2, 0.25) is 5.91 Å². The number of anilines is 2. The summed E-state index contributed by atoms with van der Waals surface area (Å²) in [6.07, 6.45) is 13.0. The van der Waals surface area contributed by atoms with Crippen molar-refractivity contribution in [3.8, 4) is 0 Å². The summed E-state index contributed by atoms with van der Waals surface area (Å²) >= 11 is 0. The quantitative estimate of drug-likeness (QED) is 0.785. The first-order chi connectivity index (χ1) is 12.8. The average molecular weight is 358 g/mol. The van der Waals surface area contributed by atoms with Crippen LogP contribution in [0.15, 0.2) is 12.4 Å². The zero-order valence-corrected chi connectivity index (χ0v) is 15.6. The summed E-state index contributed by atoms with van der Waals surface area (Å²) in [6.45, 7) is 2.04. The average Bonchev–Trinajstić information content (AvgIpc) is 3.33. The summed E-state index contributed by atoms with van der Waals surface area (Å²) in [5.41, 5.74) is 0. The van der Waals surface area contributed by atoms with Crippen LogP contribution in [-0.4, -0.2) is 41.0 Å². The van der Waals surface area contributed by atoms with E-state index in [2.05, 4.69) is 31.6 Å². The third-order valence-electron chi connectivity index (χ3n) is 5.92. The van der Waals surface area contributed by atoms with E-state index in [4.69, 9.17) is 0 Å². The Labute approximate surface area is 156 Å². The van der Waals surface area contributed by atoms with Gasteiger partial charge in [-0.3, -0.25) is 4.79 Å². The maximum absolute atomic E-state index is 12.2. The highest BCUT2D eigenvalue weighted by Gasteiger charge is 2.24. The van der Waals surface area contributed by atoms with E-state index >= 15 is 0 Å². The number of carbonyl (C=O) groups excluding carboxylic acids is 1. The van der Waals surface area contributed by atoms with Gasteiger partial charge in [-0.05, 0) is 50.9 Å². The lowest BCUT2D eigenvalue weighted by atomic mass is 9.93. The van der Waals surface area contributed by atoms with Gasteiger partial charge in [0.05, 0.1) is 0 Å². The monoisotopic (exact) mass is 357 g/mol. The minimum atomic E-state index is 0.243. The standard InChI is InChI=1S/C20H31N5O/c26-20(24-16-5-1-2-6-16)10-7-15-4-3-11-25(13-15)19-12-18(21-14-22-19)23-17-8-9-17/h12,14-17H,1-11,13H2,(H,24,26)(H,21,22,23)/t15-/m0/s1. The molecule has 3 fully saturated rings. The van der Waals surface area contributed by atoms with Gasteiger partial charge >= 0.3 is 0 Å². The van der Waals surface area contributed by atoms with E-state index in [1.165, 1.54) is 38.5 Å². The number of carbonyl (C=O) groups is 1. The van der Waals surface area contributed by atoms with Gasteiger partial charge in [0.1, 0.15) is 18.0 Å². The first-order valence-corrected chi connectivity index (χ1v) is 10.4. The third kappa shape index (κ3) is 4.86. The highest BCUT2D eigenvalue weighted by atomic mass is 16.1. The molecule has 6 nitrogen and oxygen atoms in total. The lowest BCUT2D eigenvalue weighted by Gasteiger charge is -2.33. The van der Waals surface area contributed by atoms with E-state index in [1.807, 2.05) is 0 Å². The molecule has 1 aromatic heterocycles. The summed E-state index contributed by atoms with van der Waals surface area (Å²) in [5.74, 6) is 2.78. The van der Waals surface area contributed by atoms with Crippen molar-refractivity contribution in [1.29, 1.82) is 0 Å². The second-order valence-electron chi connectivity index (χ2n) is 8.22. The van der Waals surface area contributed by atoms with Gasteiger partial charge in [-0.2, -0.15) is 0 Å². The van der Waals surface area contributed by atoms with Crippen LogP contribution >= 0.6 is 0 Å². The Morgan fingerprint density at radius 1 is 1.08 bits per heavy atom. The predicted octanol–water partition coefficient (Wildman–Crippen LogP) is 3.11. The van der Waals surface area contributed by atoms with Gasteiger partial charge < -0.3 is 15.5 Å². The van der Waals surface area contributed by atoms with Crippen LogP contribution in [0.1, 0.15) is 64.2 Å². The molecule has 2 heterocycles. The lowest BCUT2D eigenvalue weighted by molar-refractivity contribution is -0.122. The number of hydrogen-bond acceptors (Lipinski definition) is 5. The molecule has 2 saturated carbocycles. The Balaban J connectivity index is 1.26. The predicted molar refractivity (Wildman–Crippen MR) is 103 cm³/mol. The van der Waals surface area contributed by atoms with Crippen LogP contribution in [0.25, 0.3) is 0 Å². The highest BCUT2D eigenvalue weighted by Crippen LogP contribution is 2.28. The van der Waals surface area contributed by atoms with Gasteiger partial charge in [-0.25, -0.2) is 9.97 Å². The summed E-state index contributed by atoms with van der Waals surface area (Å²) in [5, 5.41) is 6.66. The fraction of sp³-hybridized carbons (Fsp3) is 0.750. The molecule has 1 amide bonds. The van der Waals surface area contributed by atoms with Gasteiger partial charge in [0.25, 0.3) is 0 Å². The Hall–Kier alpha value is -1.85. The van der Waals surface area contributed by atoms with E-state index in [0.29, 0.717) is 24.4 Å². The fourth-order valence-electron chi connectivity index (χ4n) is 4.25. The number of rotatable bonds is 7. The summed E-state index contributed by atoms with van der Waals surface area (Å²) in [6, 6.07) is 3.11. The molecule has 0 bridgehead atoms. The topological polar surface area (TPSA) is 70.2 Å². The molecule has 26 heavy (non-hydrogen) atoms. The van der Waals surface area contributed by atoms with E-state index in [0.717, 1.165) is 44.0 Å². The number of hydrogen-bond donors (Lipinski definition) is 2. The van der Waals surface area contributed by atoms with Crippen molar-refractivity contribution in [2.45, 2.75) is 76.3 Å². The molecule has 142 valence electrons. The Morgan fingerprint density at radius 3 is 2.73 bits per heavy atom. The van der Waals surface area contributed by atoms with Gasteiger partial charge in [0.15, 0.2) is 0 Å². The van der Waals surface area contributed by atoms with Crippen molar-refractivity contribution in [2.24, 2.45) is 5.92 Å². The molecule has 4 rings (SSSR count). The molecular formula is C20H31N5O. The second-order valence-corrected chi connectivity index (χ2v) is 8.22. The molecule has 0 aromatic carbocycles. The first kappa shape index (κ1) is 17.6. The minimum Gasteiger partial charge on any atom is -0.367 e. The Morgan fingerprint density at radius 2 is 1.92 bits per heavy atom.